The number of hydrogen-bond acceptors (Lipinski definition) is 8. The van der Waals surface area contributed by atoms with Crippen molar-refractivity contribution in [3.05, 3.63) is 12.2 Å². The van der Waals surface area contributed by atoms with Crippen molar-refractivity contribution in [2.24, 2.45) is 5.73 Å². The van der Waals surface area contributed by atoms with Crippen molar-refractivity contribution in [1.29, 1.82) is 0 Å². The summed E-state index contributed by atoms with van der Waals surface area (Å²) in [6.07, 6.45) is 77.6. The molecule has 10 heteroatoms. The lowest BCUT2D eigenvalue weighted by atomic mass is 10.0. The molecule has 0 heterocycles. The van der Waals surface area contributed by atoms with E-state index in [0.29, 0.717) is 6.42 Å². The van der Waals surface area contributed by atoms with Gasteiger partial charge in [0.25, 0.3) is 0 Å². The van der Waals surface area contributed by atoms with E-state index in [2.05, 4.69) is 26.0 Å². The van der Waals surface area contributed by atoms with Crippen molar-refractivity contribution in [3.63, 3.8) is 0 Å². The van der Waals surface area contributed by atoms with Crippen molar-refractivity contribution in [1.82, 2.24) is 0 Å². The molecule has 464 valence electrons. The molecule has 0 amide bonds. The average Bonchev–Trinajstić information content (AvgIpc) is 3.43. The maximum absolute atomic E-state index is 12.7. The third kappa shape index (κ3) is 63.9. The first-order valence-corrected chi connectivity index (χ1v) is 36.2. The monoisotopic (exact) mass is 1120 g/mol. The van der Waals surface area contributed by atoms with Gasteiger partial charge in [0, 0.05) is 19.4 Å². The fourth-order valence-corrected chi connectivity index (χ4v) is 11.5. The number of ether oxygens (including phenoxy) is 2. The average molecular weight is 1120 g/mol. The number of nitrogens with two attached hydrogens (primary N) is 1. The van der Waals surface area contributed by atoms with Crippen LogP contribution in [-0.2, 0) is 32.7 Å². The Balaban J connectivity index is 3.73. The number of carbonyl (C=O) groups is 2. The first-order valence-electron chi connectivity index (χ1n) is 34.7. The molecule has 0 aliphatic rings. The standard InChI is InChI=1S/C68H134NO8P/c1-3-5-7-9-11-13-15-17-19-21-23-24-25-26-27-28-29-30-31-32-33-34-35-36-37-38-39-40-41-42-43-45-47-49-51-53-55-57-59-61-68(71)77-66(65-76-78(72,73)75-63-62-69)64-74-67(70)60-58-56-54-52-50-48-46-44-22-20-18-16-14-12-10-8-6-4-2/h21,23,66H,3-20,22,24-65,69H2,1-2H3,(H,72,73)/b23-21-. The van der Waals surface area contributed by atoms with Crippen LogP contribution in [0.4, 0.5) is 0 Å². The molecule has 0 radical (unpaired) electrons. The molecule has 0 aromatic heterocycles. The number of hydrogen-bond donors (Lipinski definition) is 2. The second kappa shape index (κ2) is 64.9. The van der Waals surface area contributed by atoms with Crippen LogP contribution < -0.4 is 5.73 Å². The SMILES string of the molecule is CCCCCCCCCC/C=C\CCCCCCCCCCCCCCCCCCCCCCCCCCCCCC(=O)OC(COC(=O)CCCCCCCCCCCCCCCCCCCC)COP(=O)(O)OCCN. The molecular formula is C68H134NO8P. The summed E-state index contributed by atoms with van der Waals surface area (Å²) in [6, 6.07) is 0. The maximum Gasteiger partial charge on any atom is 0.472 e. The predicted octanol–water partition coefficient (Wildman–Crippen LogP) is 22.4. The molecule has 0 aliphatic carbocycles. The smallest absolute Gasteiger partial charge is 0.462 e. The van der Waals surface area contributed by atoms with Gasteiger partial charge in [0.15, 0.2) is 6.10 Å². The van der Waals surface area contributed by atoms with E-state index >= 15 is 0 Å². The third-order valence-electron chi connectivity index (χ3n) is 15.9. The van der Waals surface area contributed by atoms with E-state index in [4.69, 9.17) is 24.3 Å². The summed E-state index contributed by atoms with van der Waals surface area (Å²) < 4.78 is 33.1. The van der Waals surface area contributed by atoms with Crippen molar-refractivity contribution in [2.45, 2.75) is 386 Å². The first kappa shape index (κ1) is 76.8. The van der Waals surface area contributed by atoms with Gasteiger partial charge >= 0.3 is 19.8 Å². The van der Waals surface area contributed by atoms with Gasteiger partial charge in [-0.15, -0.1) is 0 Å². The van der Waals surface area contributed by atoms with Gasteiger partial charge in [-0.3, -0.25) is 18.6 Å². The van der Waals surface area contributed by atoms with Gasteiger partial charge in [-0.1, -0.05) is 341 Å². The summed E-state index contributed by atoms with van der Waals surface area (Å²) in [5.74, 6) is -0.801. The minimum Gasteiger partial charge on any atom is -0.462 e. The lowest BCUT2D eigenvalue weighted by molar-refractivity contribution is -0.161. The van der Waals surface area contributed by atoms with Crippen LogP contribution in [0.2, 0.25) is 0 Å². The van der Waals surface area contributed by atoms with Crippen LogP contribution in [0.3, 0.4) is 0 Å². The highest BCUT2D eigenvalue weighted by atomic mass is 31.2. The second-order valence-corrected chi connectivity index (χ2v) is 25.2. The van der Waals surface area contributed by atoms with Crippen LogP contribution in [0.1, 0.15) is 380 Å². The van der Waals surface area contributed by atoms with Crippen LogP contribution in [-0.4, -0.2) is 49.3 Å². The number of esters is 2. The Bertz CT molecular complexity index is 1280. The van der Waals surface area contributed by atoms with Gasteiger partial charge in [0.1, 0.15) is 6.61 Å². The molecular weight excluding hydrogens is 990 g/mol. The normalized spacial score (nSPS) is 12.9. The van der Waals surface area contributed by atoms with Crippen LogP contribution in [0.25, 0.3) is 0 Å². The molecule has 0 saturated heterocycles. The summed E-state index contributed by atoms with van der Waals surface area (Å²) in [7, 11) is -4.38. The number of phosphoric ester groups is 1. The molecule has 9 nitrogen and oxygen atoms in total. The van der Waals surface area contributed by atoms with Gasteiger partial charge in [-0.2, -0.15) is 0 Å². The zero-order chi connectivity index (χ0) is 56.6. The number of allylic oxidation sites excluding steroid dienone is 2. The Hall–Kier alpha value is -1.25. The van der Waals surface area contributed by atoms with Crippen molar-refractivity contribution in [2.75, 3.05) is 26.4 Å². The Kier molecular flexibility index (Phi) is 63.9. The summed E-state index contributed by atoms with van der Waals surface area (Å²) >= 11 is 0. The summed E-state index contributed by atoms with van der Waals surface area (Å²) in [4.78, 5) is 35.3. The largest absolute Gasteiger partial charge is 0.472 e. The molecule has 0 spiro atoms. The highest BCUT2D eigenvalue weighted by Crippen LogP contribution is 2.43. The molecule has 0 rings (SSSR count). The second-order valence-electron chi connectivity index (χ2n) is 23.8. The highest BCUT2D eigenvalue weighted by Gasteiger charge is 2.26. The van der Waals surface area contributed by atoms with Gasteiger partial charge in [0.2, 0.25) is 0 Å². The predicted molar refractivity (Wildman–Crippen MR) is 335 cm³/mol. The Morgan fingerprint density at radius 1 is 0.372 bits per heavy atom. The third-order valence-corrected chi connectivity index (χ3v) is 16.9. The number of rotatable bonds is 67. The topological polar surface area (TPSA) is 134 Å². The Morgan fingerprint density at radius 3 is 0.910 bits per heavy atom. The minimum absolute atomic E-state index is 0.0581. The van der Waals surface area contributed by atoms with E-state index in [1.165, 1.54) is 315 Å². The molecule has 0 saturated carbocycles. The van der Waals surface area contributed by atoms with Gasteiger partial charge < -0.3 is 20.1 Å². The fraction of sp³-hybridized carbons (Fsp3) is 0.941. The van der Waals surface area contributed by atoms with Gasteiger partial charge in [-0.05, 0) is 38.5 Å². The highest BCUT2D eigenvalue weighted by molar-refractivity contribution is 7.47. The van der Waals surface area contributed by atoms with Crippen molar-refractivity contribution < 1.29 is 37.6 Å². The van der Waals surface area contributed by atoms with E-state index in [1.54, 1.807) is 0 Å². The van der Waals surface area contributed by atoms with Crippen LogP contribution in [0.5, 0.6) is 0 Å². The van der Waals surface area contributed by atoms with Crippen LogP contribution in [0, 0.1) is 0 Å². The van der Waals surface area contributed by atoms with E-state index in [9.17, 15) is 19.0 Å². The van der Waals surface area contributed by atoms with E-state index in [-0.39, 0.29) is 38.6 Å². The zero-order valence-electron chi connectivity index (χ0n) is 52.2. The van der Waals surface area contributed by atoms with E-state index < -0.39 is 26.5 Å². The zero-order valence-corrected chi connectivity index (χ0v) is 53.1. The summed E-state index contributed by atoms with van der Waals surface area (Å²) in [5, 5.41) is 0. The fourth-order valence-electron chi connectivity index (χ4n) is 10.8. The molecule has 2 atom stereocenters. The van der Waals surface area contributed by atoms with E-state index in [1.807, 2.05) is 0 Å². The molecule has 2 unspecified atom stereocenters. The lowest BCUT2D eigenvalue weighted by Crippen LogP contribution is -2.29. The maximum atomic E-state index is 12.7. The Labute approximate surface area is 485 Å². The molecule has 3 N–H and O–H groups in total. The molecule has 0 fully saturated rings. The summed E-state index contributed by atoms with van der Waals surface area (Å²) in [6.45, 7) is 3.82. The molecule has 0 bridgehead atoms. The Morgan fingerprint density at radius 2 is 0.628 bits per heavy atom. The van der Waals surface area contributed by atoms with Crippen molar-refractivity contribution >= 4 is 19.8 Å². The van der Waals surface area contributed by atoms with Crippen LogP contribution >= 0.6 is 7.82 Å². The summed E-state index contributed by atoms with van der Waals surface area (Å²) in [5.41, 5.74) is 5.39. The quantitative estimate of drug-likeness (QED) is 0.0264. The van der Waals surface area contributed by atoms with E-state index in [0.717, 1.165) is 32.1 Å². The molecule has 0 aliphatic heterocycles. The lowest BCUT2D eigenvalue weighted by Gasteiger charge is -2.19. The number of unbranched alkanes of at least 4 members (excludes halogenated alkanes) is 52. The van der Waals surface area contributed by atoms with Crippen molar-refractivity contribution in [3.8, 4) is 0 Å². The first-order chi connectivity index (χ1) is 38.3. The number of phosphoric acid groups is 1. The molecule has 78 heavy (non-hydrogen) atoms. The molecule has 0 aromatic carbocycles. The molecule has 0 aromatic rings. The minimum atomic E-state index is -4.38. The van der Waals surface area contributed by atoms with Crippen LogP contribution in [0.15, 0.2) is 12.2 Å². The van der Waals surface area contributed by atoms with Gasteiger partial charge in [-0.25, -0.2) is 4.57 Å². The van der Waals surface area contributed by atoms with Gasteiger partial charge in [0.05, 0.1) is 13.2 Å². The number of carbonyl (C=O) groups excluding carboxylic acids is 2.